The number of fused-ring (bicyclic) bond motifs is 1. The molecule has 3 aliphatic rings. The number of hydrogen-bond donors (Lipinski definition) is 0. The summed E-state index contributed by atoms with van der Waals surface area (Å²) in [4.78, 5) is 16.7. The molecule has 2 heterocycles. The number of benzene rings is 1. The first kappa shape index (κ1) is 19.0. The minimum absolute atomic E-state index is 0.0330. The van der Waals surface area contributed by atoms with E-state index in [-0.39, 0.29) is 36.0 Å². The smallest absolute Gasteiger partial charge is 0.241 e. The van der Waals surface area contributed by atoms with Crippen molar-refractivity contribution in [2.75, 3.05) is 29.5 Å². The van der Waals surface area contributed by atoms with Crippen LogP contribution in [0, 0.1) is 0 Å². The van der Waals surface area contributed by atoms with Crippen molar-refractivity contribution in [3.8, 4) is 0 Å². The van der Waals surface area contributed by atoms with Crippen LogP contribution < -0.4 is 4.90 Å². The summed E-state index contributed by atoms with van der Waals surface area (Å²) in [6.45, 7) is 1.02. The van der Waals surface area contributed by atoms with Crippen LogP contribution in [0.3, 0.4) is 0 Å². The summed E-state index contributed by atoms with van der Waals surface area (Å²) in [5, 5.41) is 0.598. The Hall–Kier alpha value is -1.37. The van der Waals surface area contributed by atoms with Crippen molar-refractivity contribution in [3.05, 3.63) is 40.9 Å². The molecule has 0 bridgehead atoms. The van der Waals surface area contributed by atoms with Gasteiger partial charge in [0, 0.05) is 23.3 Å². The molecule has 0 aromatic heterocycles. The lowest BCUT2D eigenvalue weighted by molar-refractivity contribution is -0.123. The molecule has 2 saturated heterocycles. The van der Waals surface area contributed by atoms with Crippen molar-refractivity contribution in [2.45, 2.75) is 44.2 Å². The van der Waals surface area contributed by atoms with E-state index in [4.69, 9.17) is 11.6 Å². The molecule has 1 aliphatic carbocycles. The first-order valence-electron chi connectivity index (χ1n) is 9.63. The third kappa shape index (κ3) is 4.08. The number of amides is 1. The maximum atomic E-state index is 12.9. The van der Waals surface area contributed by atoms with Crippen molar-refractivity contribution in [1.82, 2.24) is 4.90 Å². The molecule has 27 heavy (non-hydrogen) atoms. The molecule has 2 fully saturated rings. The van der Waals surface area contributed by atoms with Crippen LogP contribution in [0.25, 0.3) is 0 Å². The van der Waals surface area contributed by atoms with Gasteiger partial charge in [-0.25, -0.2) is 8.42 Å². The van der Waals surface area contributed by atoms with Gasteiger partial charge in [0.05, 0.1) is 24.1 Å². The average molecular weight is 409 g/mol. The summed E-state index contributed by atoms with van der Waals surface area (Å²) in [5.41, 5.74) is 2.18. The highest BCUT2D eigenvalue weighted by Gasteiger charge is 2.49. The molecule has 0 N–H and O–H groups in total. The summed E-state index contributed by atoms with van der Waals surface area (Å²) >= 11 is 5.97. The van der Waals surface area contributed by atoms with Crippen LogP contribution in [0.2, 0.25) is 5.02 Å². The Labute approximate surface area is 165 Å². The van der Waals surface area contributed by atoms with Gasteiger partial charge >= 0.3 is 0 Å². The first-order chi connectivity index (χ1) is 12.9. The fourth-order valence-corrected chi connectivity index (χ4v) is 6.67. The van der Waals surface area contributed by atoms with Crippen molar-refractivity contribution >= 4 is 33.0 Å². The number of carbonyl (C=O) groups excluding carboxylic acids is 1. The number of halogens is 1. The molecular weight excluding hydrogens is 384 g/mol. The van der Waals surface area contributed by atoms with Gasteiger partial charge in [0.15, 0.2) is 9.84 Å². The van der Waals surface area contributed by atoms with E-state index in [1.165, 1.54) is 18.4 Å². The van der Waals surface area contributed by atoms with E-state index < -0.39 is 9.84 Å². The molecular formula is C20H25ClN2O3S. The van der Waals surface area contributed by atoms with Gasteiger partial charge in [-0.2, -0.15) is 0 Å². The zero-order chi connectivity index (χ0) is 19.0. The van der Waals surface area contributed by atoms with Crippen LogP contribution in [0.15, 0.2) is 35.9 Å². The van der Waals surface area contributed by atoms with Crippen LogP contribution in [-0.4, -0.2) is 55.9 Å². The van der Waals surface area contributed by atoms with E-state index in [0.29, 0.717) is 5.02 Å². The first-order valence-corrected chi connectivity index (χ1v) is 11.8. The zero-order valence-electron chi connectivity index (χ0n) is 15.3. The van der Waals surface area contributed by atoms with Gasteiger partial charge in [-0.3, -0.25) is 9.69 Å². The number of hydrogen-bond acceptors (Lipinski definition) is 4. The van der Waals surface area contributed by atoms with Crippen molar-refractivity contribution in [3.63, 3.8) is 0 Å². The lowest BCUT2D eigenvalue weighted by Gasteiger charge is -2.43. The number of carbonyl (C=O) groups is 1. The van der Waals surface area contributed by atoms with Gasteiger partial charge in [0.2, 0.25) is 5.91 Å². The maximum absolute atomic E-state index is 12.9. The summed E-state index contributed by atoms with van der Waals surface area (Å²) in [7, 11) is -3.15. The predicted octanol–water partition coefficient (Wildman–Crippen LogP) is 3.04. The molecule has 1 aromatic carbocycles. The highest BCUT2D eigenvalue weighted by molar-refractivity contribution is 7.91. The predicted molar refractivity (Wildman–Crippen MR) is 108 cm³/mol. The standard InChI is InChI=1S/C20H25ClN2O3S/c21-16-6-8-17(9-7-16)23-19-14-27(25,26)13-18(19)22(12-20(23)24)11-10-15-4-2-1-3-5-15/h4,6-9,18-19H,1-3,5,10-14H2. The minimum Gasteiger partial charge on any atom is -0.306 e. The Balaban J connectivity index is 1.56. The molecule has 0 radical (unpaired) electrons. The van der Waals surface area contributed by atoms with E-state index >= 15 is 0 Å². The largest absolute Gasteiger partial charge is 0.306 e. The molecule has 146 valence electrons. The van der Waals surface area contributed by atoms with Gasteiger partial charge in [0.25, 0.3) is 0 Å². The van der Waals surface area contributed by atoms with E-state index in [9.17, 15) is 13.2 Å². The Morgan fingerprint density at radius 1 is 1.07 bits per heavy atom. The monoisotopic (exact) mass is 408 g/mol. The third-order valence-electron chi connectivity index (χ3n) is 5.91. The summed E-state index contributed by atoms with van der Waals surface area (Å²) in [6.07, 6.45) is 8.00. The van der Waals surface area contributed by atoms with Crippen LogP contribution in [0.5, 0.6) is 0 Å². The molecule has 2 aliphatic heterocycles. The molecule has 1 amide bonds. The SMILES string of the molecule is O=C1CN(CCC2=CCCCC2)C2CS(=O)(=O)CC2N1c1ccc(Cl)cc1. The molecule has 0 saturated carbocycles. The van der Waals surface area contributed by atoms with E-state index in [1.54, 1.807) is 29.2 Å². The quantitative estimate of drug-likeness (QED) is 0.718. The number of allylic oxidation sites excluding steroid dienone is 1. The molecule has 4 rings (SSSR count). The van der Waals surface area contributed by atoms with Crippen LogP contribution >= 0.6 is 11.6 Å². The Kier molecular flexibility index (Phi) is 5.32. The minimum atomic E-state index is -3.15. The van der Waals surface area contributed by atoms with Crippen LogP contribution in [0.1, 0.15) is 32.1 Å². The lowest BCUT2D eigenvalue weighted by atomic mass is 9.96. The summed E-state index contributed by atoms with van der Waals surface area (Å²) < 4.78 is 24.8. The second-order valence-electron chi connectivity index (χ2n) is 7.78. The Bertz CT molecular complexity index is 850. The van der Waals surface area contributed by atoms with Crippen LogP contribution in [0.4, 0.5) is 5.69 Å². The fraction of sp³-hybridized carbons (Fsp3) is 0.550. The fourth-order valence-electron chi connectivity index (χ4n) is 4.56. The van der Waals surface area contributed by atoms with Crippen molar-refractivity contribution < 1.29 is 13.2 Å². The topological polar surface area (TPSA) is 57.7 Å². The normalized spacial score (nSPS) is 28.1. The Morgan fingerprint density at radius 3 is 2.52 bits per heavy atom. The second kappa shape index (κ2) is 7.57. The second-order valence-corrected chi connectivity index (χ2v) is 10.4. The van der Waals surface area contributed by atoms with Crippen molar-refractivity contribution in [1.29, 1.82) is 0 Å². The molecule has 7 heteroatoms. The van der Waals surface area contributed by atoms with Gasteiger partial charge in [-0.1, -0.05) is 23.3 Å². The molecule has 5 nitrogen and oxygen atoms in total. The molecule has 0 spiro atoms. The molecule has 2 unspecified atom stereocenters. The van der Waals surface area contributed by atoms with E-state index in [1.807, 2.05) is 0 Å². The number of nitrogens with zero attached hydrogens (tertiary/aromatic N) is 2. The Morgan fingerprint density at radius 2 is 1.81 bits per heavy atom. The lowest BCUT2D eigenvalue weighted by Crippen LogP contribution is -2.62. The number of piperazine rings is 1. The maximum Gasteiger partial charge on any atom is 0.241 e. The molecule has 1 aromatic rings. The van der Waals surface area contributed by atoms with Gasteiger partial charge < -0.3 is 4.90 Å². The summed E-state index contributed by atoms with van der Waals surface area (Å²) in [6, 6.07) is 6.62. The highest BCUT2D eigenvalue weighted by atomic mass is 35.5. The van der Waals surface area contributed by atoms with Gasteiger partial charge in [-0.05, 0) is 56.4 Å². The van der Waals surface area contributed by atoms with Gasteiger partial charge in [0.1, 0.15) is 0 Å². The van der Waals surface area contributed by atoms with Crippen LogP contribution in [-0.2, 0) is 14.6 Å². The van der Waals surface area contributed by atoms with Gasteiger partial charge in [-0.15, -0.1) is 0 Å². The van der Waals surface area contributed by atoms with E-state index in [2.05, 4.69) is 11.0 Å². The highest BCUT2D eigenvalue weighted by Crippen LogP contribution is 2.33. The van der Waals surface area contributed by atoms with Crippen molar-refractivity contribution in [2.24, 2.45) is 0 Å². The number of sulfone groups is 1. The average Bonchev–Trinajstić information content (AvgIpc) is 2.97. The number of rotatable bonds is 4. The molecule has 2 atom stereocenters. The van der Waals surface area contributed by atoms with E-state index in [0.717, 1.165) is 31.5 Å². The number of anilines is 1. The zero-order valence-corrected chi connectivity index (χ0v) is 16.9. The summed E-state index contributed by atoms with van der Waals surface area (Å²) in [5.74, 6) is 0.132. The third-order valence-corrected chi connectivity index (χ3v) is 7.86.